The number of carbonyl (C=O) groups excluding carboxylic acids is 2. The zero-order chi connectivity index (χ0) is 14.4. The van der Waals surface area contributed by atoms with Crippen molar-refractivity contribution >= 4 is 12.3 Å². The minimum absolute atomic E-state index is 0.0119. The molecule has 0 amide bonds. The molecule has 0 heterocycles. The summed E-state index contributed by atoms with van der Waals surface area (Å²) in [5.74, 6) is -1.65. The molecule has 1 aromatic carbocycles. The first kappa shape index (κ1) is 14.6. The quantitative estimate of drug-likeness (QED) is 0.604. The van der Waals surface area contributed by atoms with E-state index in [2.05, 4.69) is 9.47 Å². The van der Waals surface area contributed by atoms with Crippen molar-refractivity contribution in [2.75, 3.05) is 6.61 Å². The molecule has 1 rings (SSSR count). The summed E-state index contributed by atoms with van der Waals surface area (Å²) in [6, 6.07) is 3.89. The molecule has 7 heteroatoms. The number of benzene rings is 1. The molecule has 0 bridgehead atoms. The highest BCUT2D eigenvalue weighted by molar-refractivity contribution is 6.01. The van der Waals surface area contributed by atoms with Crippen molar-refractivity contribution in [3.63, 3.8) is 0 Å². The summed E-state index contributed by atoms with van der Waals surface area (Å²) in [7, 11) is 0. The molecule has 0 saturated heterocycles. The van der Waals surface area contributed by atoms with Crippen LogP contribution in [-0.4, -0.2) is 25.5 Å². The smallest absolute Gasteiger partial charge is 0.387 e. The molecule has 0 aliphatic heterocycles. The van der Waals surface area contributed by atoms with Gasteiger partial charge in [-0.3, -0.25) is 4.79 Å². The van der Waals surface area contributed by atoms with Gasteiger partial charge >= 0.3 is 12.6 Å². The average molecular weight is 269 g/mol. The van der Waals surface area contributed by atoms with Gasteiger partial charge in [0.2, 0.25) is 0 Å². The first-order chi connectivity index (χ1) is 9.04. The number of hydrogen-bond donors (Lipinski definition) is 0. The van der Waals surface area contributed by atoms with Gasteiger partial charge in [-0.25, -0.2) is 4.79 Å². The van der Waals surface area contributed by atoms with Crippen LogP contribution in [0.2, 0.25) is 0 Å². The number of nitriles is 1. The maximum Gasteiger partial charge on any atom is 0.387 e. The van der Waals surface area contributed by atoms with Crippen molar-refractivity contribution in [3.05, 3.63) is 28.8 Å². The van der Waals surface area contributed by atoms with E-state index in [-0.39, 0.29) is 17.7 Å². The Morgan fingerprint density at radius 3 is 2.68 bits per heavy atom. The van der Waals surface area contributed by atoms with Gasteiger partial charge < -0.3 is 9.47 Å². The molecule has 0 saturated carbocycles. The molecule has 0 fully saturated rings. The van der Waals surface area contributed by atoms with Crippen LogP contribution in [0.4, 0.5) is 8.78 Å². The zero-order valence-electron chi connectivity index (χ0n) is 9.85. The Labute approximate surface area is 107 Å². The Balaban J connectivity index is 3.47. The third kappa shape index (κ3) is 3.25. The number of carbonyl (C=O) groups is 2. The standard InChI is InChI=1S/C12H9F2NO4/c1-2-18-11(17)9-8(6-16)4-3-7(5-15)10(9)19-12(13)14/h3-4,6,12H,2H2,1H3. The Hall–Kier alpha value is -2.49. The van der Waals surface area contributed by atoms with Crippen LogP contribution in [0.3, 0.4) is 0 Å². The van der Waals surface area contributed by atoms with Gasteiger partial charge in [0.05, 0.1) is 12.2 Å². The van der Waals surface area contributed by atoms with E-state index < -0.39 is 23.9 Å². The molecule has 0 unspecified atom stereocenters. The highest BCUT2D eigenvalue weighted by Crippen LogP contribution is 2.28. The summed E-state index contributed by atoms with van der Waals surface area (Å²) in [6.45, 7) is -1.73. The summed E-state index contributed by atoms with van der Waals surface area (Å²) >= 11 is 0. The highest BCUT2D eigenvalue weighted by Gasteiger charge is 2.24. The van der Waals surface area contributed by atoms with E-state index in [0.717, 1.165) is 12.1 Å². The van der Waals surface area contributed by atoms with Gasteiger partial charge in [0.15, 0.2) is 12.0 Å². The number of halogens is 2. The lowest BCUT2D eigenvalue weighted by molar-refractivity contribution is -0.0506. The lowest BCUT2D eigenvalue weighted by atomic mass is 10.0. The van der Waals surface area contributed by atoms with E-state index >= 15 is 0 Å². The van der Waals surface area contributed by atoms with Crippen molar-refractivity contribution in [2.24, 2.45) is 0 Å². The van der Waals surface area contributed by atoms with E-state index in [4.69, 9.17) is 5.26 Å². The van der Waals surface area contributed by atoms with Crippen molar-refractivity contribution < 1.29 is 27.8 Å². The van der Waals surface area contributed by atoms with E-state index in [0.29, 0.717) is 6.29 Å². The van der Waals surface area contributed by atoms with Crippen molar-refractivity contribution in [1.82, 2.24) is 0 Å². The van der Waals surface area contributed by atoms with Crippen LogP contribution in [0, 0.1) is 11.3 Å². The molecule has 5 nitrogen and oxygen atoms in total. The van der Waals surface area contributed by atoms with E-state index in [1.54, 1.807) is 6.07 Å². The van der Waals surface area contributed by atoms with Gasteiger partial charge in [0.1, 0.15) is 11.6 Å². The number of ether oxygens (including phenoxy) is 2. The molecule has 0 atom stereocenters. The first-order valence-corrected chi connectivity index (χ1v) is 5.19. The third-order valence-electron chi connectivity index (χ3n) is 2.12. The number of esters is 1. The zero-order valence-corrected chi connectivity index (χ0v) is 9.85. The van der Waals surface area contributed by atoms with E-state index in [1.807, 2.05) is 0 Å². The van der Waals surface area contributed by atoms with Gasteiger partial charge in [-0.05, 0) is 19.1 Å². The number of rotatable bonds is 5. The van der Waals surface area contributed by atoms with Crippen molar-refractivity contribution in [2.45, 2.75) is 13.5 Å². The number of hydrogen-bond acceptors (Lipinski definition) is 5. The summed E-state index contributed by atoms with van der Waals surface area (Å²) < 4.78 is 33.5. The fourth-order valence-corrected chi connectivity index (χ4v) is 1.41. The van der Waals surface area contributed by atoms with Crippen LogP contribution in [0.5, 0.6) is 5.75 Å². The molecular weight excluding hydrogens is 260 g/mol. The summed E-state index contributed by atoms with van der Waals surface area (Å²) in [5.41, 5.74) is -0.946. The second-order valence-electron chi connectivity index (χ2n) is 3.24. The lowest BCUT2D eigenvalue weighted by Gasteiger charge is -2.13. The second-order valence-corrected chi connectivity index (χ2v) is 3.24. The van der Waals surface area contributed by atoms with Gasteiger partial charge in [-0.2, -0.15) is 14.0 Å². The second kappa shape index (κ2) is 6.44. The summed E-state index contributed by atoms with van der Waals surface area (Å²) in [5, 5.41) is 8.82. The molecule has 0 aliphatic carbocycles. The van der Waals surface area contributed by atoms with Gasteiger partial charge in [0.25, 0.3) is 0 Å². The topological polar surface area (TPSA) is 76.4 Å². The normalized spacial score (nSPS) is 9.84. The Morgan fingerprint density at radius 2 is 2.21 bits per heavy atom. The van der Waals surface area contributed by atoms with Crippen molar-refractivity contribution in [1.29, 1.82) is 5.26 Å². The molecule has 0 spiro atoms. The fourth-order valence-electron chi connectivity index (χ4n) is 1.41. The van der Waals surface area contributed by atoms with E-state index in [1.165, 1.54) is 6.92 Å². The van der Waals surface area contributed by atoms with Crippen LogP contribution >= 0.6 is 0 Å². The summed E-state index contributed by atoms with van der Waals surface area (Å²) in [6.07, 6.45) is 0.297. The fraction of sp³-hybridized carbons (Fsp3) is 0.250. The van der Waals surface area contributed by atoms with E-state index in [9.17, 15) is 18.4 Å². The largest absolute Gasteiger partial charge is 0.462 e. The average Bonchev–Trinajstić information content (AvgIpc) is 2.37. The molecular formula is C12H9F2NO4. The minimum Gasteiger partial charge on any atom is -0.462 e. The number of alkyl halides is 2. The van der Waals surface area contributed by atoms with Crippen LogP contribution in [-0.2, 0) is 4.74 Å². The Morgan fingerprint density at radius 1 is 1.53 bits per heavy atom. The molecule has 0 aromatic heterocycles. The van der Waals surface area contributed by atoms with Gasteiger partial charge in [-0.15, -0.1) is 0 Å². The number of aldehydes is 1. The Kier molecular flexibility index (Phi) is 4.94. The van der Waals surface area contributed by atoms with Crippen LogP contribution in [0.15, 0.2) is 12.1 Å². The van der Waals surface area contributed by atoms with Crippen LogP contribution in [0.25, 0.3) is 0 Å². The third-order valence-corrected chi connectivity index (χ3v) is 2.12. The lowest BCUT2D eigenvalue weighted by Crippen LogP contribution is -2.14. The van der Waals surface area contributed by atoms with Crippen molar-refractivity contribution in [3.8, 4) is 11.8 Å². The SMILES string of the molecule is CCOC(=O)c1c(C=O)ccc(C#N)c1OC(F)F. The number of nitrogens with zero attached hydrogens (tertiary/aromatic N) is 1. The summed E-state index contributed by atoms with van der Waals surface area (Å²) in [4.78, 5) is 22.5. The first-order valence-electron chi connectivity index (χ1n) is 5.19. The van der Waals surface area contributed by atoms with Crippen LogP contribution in [0.1, 0.15) is 33.2 Å². The highest BCUT2D eigenvalue weighted by atomic mass is 19.3. The molecule has 1 aromatic rings. The maximum absolute atomic E-state index is 12.3. The predicted octanol–water partition coefficient (Wildman–Crippen LogP) is 2.15. The van der Waals surface area contributed by atoms with Gasteiger partial charge in [0, 0.05) is 5.56 Å². The molecule has 0 N–H and O–H groups in total. The predicted molar refractivity (Wildman–Crippen MR) is 59.1 cm³/mol. The molecule has 19 heavy (non-hydrogen) atoms. The van der Waals surface area contributed by atoms with Crippen LogP contribution < -0.4 is 4.74 Å². The van der Waals surface area contributed by atoms with Gasteiger partial charge in [-0.1, -0.05) is 0 Å². The minimum atomic E-state index is -3.23. The maximum atomic E-state index is 12.3. The molecule has 0 radical (unpaired) electrons. The Bertz CT molecular complexity index is 537. The molecule has 100 valence electrons. The monoisotopic (exact) mass is 269 g/mol. The molecule has 0 aliphatic rings.